The Bertz CT molecular complexity index is 372. The molecule has 2 rings (SSSR count). The van der Waals surface area contributed by atoms with Gasteiger partial charge in [-0.2, -0.15) is 0 Å². The molecule has 1 aliphatic rings. The van der Waals surface area contributed by atoms with Gasteiger partial charge in [0.1, 0.15) is 0 Å². The third-order valence-electron chi connectivity index (χ3n) is 3.88. The van der Waals surface area contributed by atoms with Crippen LogP contribution in [0.1, 0.15) is 37.7 Å². The van der Waals surface area contributed by atoms with E-state index in [1.807, 2.05) is 0 Å². The predicted molar refractivity (Wildman–Crippen MR) is 87.7 cm³/mol. The summed E-state index contributed by atoms with van der Waals surface area (Å²) in [5.74, 6) is 0. The van der Waals surface area contributed by atoms with E-state index in [9.17, 15) is 0 Å². The van der Waals surface area contributed by atoms with Crippen molar-refractivity contribution in [1.29, 1.82) is 0 Å². The van der Waals surface area contributed by atoms with Gasteiger partial charge in [-0.1, -0.05) is 35.2 Å². The fourth-order valence-electron chi connectivity index (χ4n) is 3.00. The van der Waals surface area contributed by atoms with Gasteiger partial charge in [0, 0.05) is 18.4 Å². The molecule has 0 spiro atoms. The monoisotopic (exact) mass is 393 g/mol. The van der Waals surface area contributed by atoms with Crippen LogP contribution in [0, 0.1) is 5.41 Å². The quantitative estimate of drug-likeness (QED) is 0.613. The fourth-order valence-corrected chi connectivity index (χ4v) is 4.94. The summed E-state index contributed by atoms with van der Waals surface area (Å²) in [6, 6.07) is 2.24. The summed E-state index contributed by atoms with van der Waals surface area (Å²) in [7, 11) is 2.25. The molecule has 1 aliphatic carbocycles. The highest BCUT2D eigenvalue weighted by Crippen LogP contribution is 2.38. The number of thiophene rings is 1. The van der Waals surface area contributed by atoms with Gasteiger partial charge >= 0.3 is 0 Å². The molecule has 0 bridgehead atoms. The summed E-state index contributed by atoms with van der Waals surface area (Å²) in [5.41, 5.74) is 1.94. The molecule has 0 unspecified atom stereocenters. The average Bonchev–Trinajstić information content (AvgIpc) is 2.75. The first-order valence-electron chi connectivity index (χ1n) is 6.61. The second-order valence-electron chi connectivity index (χ2n) is 5.63. The molecule has 1 saturated carbocycles. The largest absolute Gasteiger partial charge is 0.302 e. The molecule has 102 valence electrons. The predicted octanol–water partition coefficient (Wildman–Crippen LogP) is 5.29. The highest BCUT2D eigenvalue weighted by Gasteiger charge is 2.31. The van der Waals surface area contributed by atoms with Crippen molar-refractivity contribution < 1.29 is 0 Å². The smallest absolute Gasteiger partial charge is 0.0701 e. The molecule has 0 aromatic carbocycles. The second kappa shape index (κ2) is 6.87. The van der Waals surface area contributed by atoms with Gasteiger partial charge in [-0.05, 0) is 58.2 Å². The molecular formula is C14H21Br2NS. The Hall–Kier alpha value is 0.620. The summed E-state index contributed by atoms with van der Waals surface area (Å²) in [6.45, 7) is 2.28. The zero-order chi connectivity index (χ0) is 13.0. The Morgan fingerprint density at radius 3 is 2.61 bits per heavy atom. The highest BCUT2D eigenvalue weighted by molar-refractivity contribution is 9.11. The van der Waals surface area contributed by atoms with E-state index in [0.29, 0.717) is 5.41 Å². The van der Waals surface area contributed by atoms with Crippen molar-refractivity contribution >= 4 is 43.2 Å². The summed E-state index contributed by atoms with van der Waals surface area (Å²) >= 11 is 9.07. The molecule has 0 aliphatic heterocycles. The third kappa shape index (κ3) is 4.06. The van der Waals surface area contributed by atoms with Gasteiger partial charge in [0.2, 0.25) is 0 Å². The van der Waals surface area contributed by atoms with E-state index >= 15 is 0 Å². The van der Waals surface area contributed by atoms with Crippen LogP contribution in [-0.4, -0.2) is 23.8 Å². The zero-order valence-electron chi connectivity index (χ0n) is 10.9. The minimum atomic E-state index is 0.514. The standard InChI is InChI=1S/C14H21Br2NS/c1-17(8-12-7-13(16)18-9-12)11-14(10-15)5-3-2-4-6-14/h7,9H,2-6,8,10-11H2,1H3. The van der Waals surface area contributed by atoms with Crippen LogP contribution >= 0.6 is 43.2 Å². The average molecular weight is 395 g/mol. The SMILES string of the molecule is CN(Cc1csc(Br)c1)CC1(CBr)CCCCC1. The van der Waals surface area contributed by atoms with Gasteiger partial charge < -0.3 is 4.90 Å². The maximum atomic E-state index is 3.75. The van der Waals surface area contributed by atoms with Crippen LogP contribution in [0.3, 0.4) is 0 Å². The van der Waals surface area contributed by atoms with Crippen LogP contribution in [0.4, 0.5) is 0 Å². The van der Waals surface area contributed by atoms with E-state index < -0.39 is 0 Å². The van der Waals surface area contributed by atoms with Crippen LogP contribution in [0.2, 0.25) is 0 Å². The van der Waals surface area contributed by atoms with Gasteiger partial charge in [-0.15, -0.1) is 11.3 Å². The molecule has 4 heteroatoms. The number of alkyl halides is 1. The lowest BCUT2D eigenvalue weighted by molar-refractivity contribution is 0.141. The number of hydrogen-bond acceptors (Lipinski definition) is 2. The van der Waals surface area contributed by atoms with Crippen molar-refractivity contribution in [3.05, 3.63) is 20.8 Å². The van der Waals surface area contributed by atoms with E-state index in [1.165, 1.54) is 48.0 Å². The first-order chi connectivity index (χ1) is 8.63. The van der Waals surface area contributed by atoms with Crippen LogP contribution in [0.15, 0.2) is 15.2 Å². The Balaban J connectivity index is 1.90. The van der Waals surface area contributed by atoms with E-state index in [0.717, 1.165) is 11.9 Å². The van der Waals surface area contributed by atoms with Crippen molar-refractivity contribution in [3.63, 3.8) is 0 Å². The first-order valence-corrected chi connectivity index (χ1v) is 9.40. The van der Waals surface area contributed by atoms with Crippen molar-refractivity contribution in [2.45, 2.75) is 38.6 Å². The Morgan fingerprint density at radius 2 is 2.06 bits per heavy atom. The maximum absolute atomic E-state index is 3.75. The molecule has 1 aromatic rings. The van der Waals surface area contributed by atoms with E-state index in [1.54, 1.807) is 11.3 Å². The molecule has 0 saturated heterocycles. The molecule has 1 heterocycles. The van der Waals surface area contributed by atoms with E-state index in [-0.39, 0.29) is 0 Å². The lowest BCUT2D eigenvalue weighted by Crippen LogP contribution is -2.38. The number of halogens is 2. The van der Waals surface area contributed by atoms with E-state index in [2.05, 4.69) is 55.3 Å². The fraction of sp³-hybridized carbons (Fsp3) is 0.714. The number of nitrogens with zero attached hydrogens (tertiary/aromatic N) is 1. The summed E-state index contributed by atoms with van der Waals surface area (Å²) in [5, 5.41) is 3.40. The van der Waals surface area contributed by atoms with Crippen LogP contribution < -0.4 is 0 Å². The molecule has 0 radical (unpaired) electrons. The van der Waals surface area contributed by atoms with Crippen LogP contribution in [0.5, 0.6) is 0 Å². The van der Waals surface area contributed by atoms with Gasteiger partial charge in [-0.3, -0.25) is 0 Å². The highest BCUT2D eigenvalue weighted by atomic mass is 79.9. The van der Waals surface area contributed by atoms with Crippen LogP contribution in [-0.2, 0) is 6.54 Å². The van der Waals surface area contributed by atoms with E-state index in [4.69, 9.17) is 0 Å². The molecule has 0 N–H and O–H groups in total. The van der Waals surface area contributed by atoms with Gasteiger partial charge in [0.25, 0.3) is 0 Å². The molecule has 0 atom stereocenters. The second-order valence-corrected chi connectivity index (χ2v) is 8.48. The first kappa shape index (κ1) is 15.0. The minimum absolute atomic E-state index is 0.514. The van der Waals surface area contributed by atoms with Crippen molar-refractivity contribution in [3.8, 4) is 0 Å². The molecule has 1 nitrogen and oxygen atoms in total. The van der Waals surface area contributed by atoms with Gasteiger partial charge in [0.05, 0.1) is 3.79 Å². The van der Waals surface area contributed by atoms with Crippen molar-refractivity contribution in [2.75, 3.05) is 18.9 Å². The molecular weight excluding hydrogens is 374 g/mol. The Labute approximate surface area is 131 Å². The number of hydrogen-bond donors (Lipinski definition) is 0. The molecule has 0 amide bonds. The minimum Gasteiger partial charge on any atom is -0.302 e. The lowest BCUT2D eigenvalue weighted by Gasteiger charge is -2.39. The van der Waals surface area contributed by atoms with Crippen LogP contribution in [0.25, 0.3) is 0 Å². The van der Waals surface area contributed by atoms with Gasteiger partial charge in [0.15, 0.2) is 0 Å². The summed E-state index contributed by atoms with van der Waals surface area (Å²) in [4.78, 5) is 2.49. The normalized spacial score (nSPS) is 19.3. The van der Waals surface area contributed by atoms with Crippen molar-refractivity contribution in [2.24, 2.45) is 5.41 Å². The van der Waals surface area contributed by atoms with Crippen molar-refractivity contribution in [1.82, 2.24) is 4.90 Å². The Morgan fingerprint density at radius 1 is 1.33 bits per heavy atom. The number of rotatable bonds is 5. The molecule has 1 fully saturated rings. The molecule has 1 aromatic heterocycles. The summed E-state index contributed by atoms with van der Waals surface area (Å²) in [6.07, 6.45) is 7.01. The summed E-state index contributed by atoms with van der Waals surface area (Å²) < 4.78 is 1.23. The third-order valence-corrected chi connectivity index (χ3v) is 6.62. The lowest BCUT2D eigenvalue weighted by atomic mass is 9.75. The van der Waals surface area contributed by atoms with Gasteiger partial charge in [-0.25, -0.2) is 0 Å². The topological polar surface area (TPSA) is 3.24 Å². The zero-order valence-corrected chi connectivity index (χ0v) is 14.9. The maximum Gasteiger partial charge on any atom is 0.0701 e. The Kier molecular flexibility index (Phi) is 5.73. The molecule has 18 heavy (non-hydrogen) atoms.